The van der Waals surface area contributed by atoms with Gasteiger partial charge in [-0.15, -0.1) is 0 Å². The zero-order chi connectivity index (χ0) is 11.4. The van der Waals surface area contributed by atoms with Gasteiger partial charge in [-0.05, 0) is 12.1 Å². The van der Waals surface area contributed by atoms with Crippen molar-refractivity contribution >= 4 is 11.6 Å². The van der Waals surface area contributed by atoms with Gasteiger partial charge in [0.05, 0.1) is 5.69 Å². The lowest BCUT2D eigenvalue weighted by Gasteiger charge is -2.12. The van der Waals surface area contributed by atoms with Crippen LogP contribution in [-0.2, 0) is 4.79 Å². The van der Waals surface area contributed by atoms with Crippen molar-refractivity contribution in [2.75, 3.05) is 26.4 Å². The van der Waals surface area contributed by atoms with Crippen LogP contribution in [0.15, 0.2) is 18.2 Å². The molecule has 0 atom stereocenters. The predicted molar refractivity (Wildman–Crippen MR) is 55.0 cm³/mol. The van der Waals surface area contributed by atoms with Gasteiger partial charge in [-0.1, -0.05) is 6.07 Å². The van der Waals surface area contributed by atoms with E-state index < -0.39 is 5.82 Å². The molecular formula is C10H13FN2O2. The molecule has 0 aliphatic rings. The number of carbonyl (C=O) groups is 1. The molecule has 4 nitrogen and oxygen atoms in total. The number of carbonyl (C=O) groups excluding carboxylic acids is 1. The Morgan fingerprint density at radius 3 is 2.73 bits per heavy atom. The van der Waals surface area contributed by atoms with Crippen molar-refractivity contribution in [3.8, 4) is 5.75 Å². The molecule has 1 aromatic rings. The first kappa shape index (κ1) is 11.3. The summed E-state index contributed by atoms with van der Waals surface area (Å²) in [5.41, 5.74) is 5.68. The minimum absolute atomic E-state index is 0.0762. The van der Waals surface area contributed by atoms with E-state index in [1.807, 2.05) is 0 Å². The Labute approximate surface area is 87.4 Å². The first-order valence-electron chi connectivity index (χ1n) is 4.39. The molecule has 1 aromatic carbocycles. The molecule has 1 amide bonds. The van der Waals surface area contributed by atoms with Gasteiger partial charge in [-0.25, -0.2) is 4.39 Å². The summed E-state index contributed by atoms with van der Waals surface area (Å²) < 4.78 is 18.2. The lowest BCUT2D eigenvalue weighted by atomic mass is 10.3. The lowest BCUT2D eigenvalue weighted by Crippen LogP contribution is -2.27. The number of likely N-dealkylation sites (N-methyl/N-ethyl adjacent to an activating group) is 1. The van der Waals surface area contributed by atoms with Crippen LogP contribution in [0.4, 0.5) is 10.1 Å². The molecule has 0 bridgehead atoms. The lowest BCUT2D eigenvalue weighted by molar-refractivity contribution is -0.130. The fraction of sp³-hybridized carbons (Fsp3) is 0.300. The minimum atomic E-state index is -0.568. The van der Waals surface area contributed by atoms with Crippen LogP contribution < -0.4 is 10.5 Å². The van der Waals surface area contributed by atoms with Crippen LogP contribution in [-0.4, -0.2) is 31.5 Å². The Hall–Kier alpha value is -1.78. The Morgan fingerprint density at radius 2 is 2.20 bits per heavy atom. The number of benzene rings is 1. The van der Waals surface area contributed by atoms with Crippen molar-refractivity contribution in [1.29, 1.82) is 0 Å². The first-order chi connectivity index (χ1) is 7.02. The third-order valence-corrected chi connectivity index (χ3v) is 1.84. The number of ether oxygens (including phenoxy) is 1. The van der Waals surface area contributed by atoms with Crippen molar-refractivity contribution in [2.24, 2.45) is 0 Å². The molecule has 0 unspecified atom stereocenters. The third kappa shape index (κ3) is 2.83. The summed E-state index contributed by atoms with van der Waals surface area (Å²) in [7, 11) is 3.19. The van der Waals surface area contributed by atoms with E-state index in [0.29, 0.717) is 0 Å². The van der Waals surface area contributed by atoms with Gasteiger partial charge in [-0.2, -0.15) is 0 Å². The largest absolute Gasteiger partial charge is 0.479 e. The SMILES string of the molecule is CN(C)C(=O)COc1c(N)cccc1F. The highest BCUT2D eigenvalue weighted by Gasteiger charge is 2.10. The summed E-state index contributed by atoms with van der Waals surface area (Å²) in [5, 5.41) is 0. The second-order valence-corrected chi connectivity index (χ2v) is 3.24. The minimum Gasteiger partial charge on any atom is -0.479 e. The van der Waals surface area contributed by atoms with Gasteiger partial charge in [0.2, 0.25) is 0 Å². The molecule has 0 saturated carbocycles. The highest BCUT2D eigenvalue weighted by atomic mass is 19.1. The molecule has 0 saturated heterocycles. The van der Waals surface area contributed by atoms with Crippen LogP contribution in [0.3, 0.4) is 0 Å². The number of anilines is 1. The number of para-hydroxylation sites is 1. The molecule has 0 aliphatic carbocycles. The average molecular weight is 212 g/mol. The fourth-order valence-corrected chi connectivity index (χ4v) is 0.941. The molecule has 0 radical (unpaired) electrons. The van der Waals surface area contributed by atoms with Gasteiger partial charge >= 0.3 is 0 Å². The molecule has 0 aliphatic heterocycles. The standard InChI is InChI=1S/C10H13FN2O2/c1-13(2)9(14)6-15-10-7(11)4-3-5-8(10)12/h3-5H,6,12H2,1-2H3. The van der Waals surface area contributed by atoms with Crippen molar-refractivity contribution in [3.05, 3.63) is 24.0 Å². The number of halogens is 1. The topological polar surface area (TPSA) is 55.6 Å². The molecular weight excluding hydrogens is 199 g/mol. The van der Waals surface area contributed by atoms with E-state index in [4.69, 9.17) is 10.5 Å². The maximum atomic E-state index is 13.2. The fourth-order valence-electron chi connectivity index (χ4n) is 0.941. The highest BCUT2D eigenvalue weighted by molar-refractivity contribution is 5.77. The summed E-state index contributed by atoms with van der Waals surface area (Å²) in [6.07, 6.45) is 0. The van der Waals surface area contributed by atoms with Crippen LogP contribution >= 0.6 is 0 Å². The van der Waals surface area contributed by atoms with E-state index in [1.54, 1.807) is 14.1 Å². The predicted octanol–water partition coefficient (Wildman–Crippen LogP) is 0.875. The van der Waals surface area contributed by atoms with Crippen molar-refractivity contribution in [3.63, 3.8) is 0 Å². The molecule has 1 rings (SSSR count). The van der Waals surface area contributed by atoms with Gasteiger partial charge in [0.1, 0.15) is 0 Å². The number of nitrogens with two attached hydrogens (primary N) is 1. The summed E-state index contributed by atoms with van der Waals surface area (Å²) >= 11 is 0. The molecule has 0 heterocycles. The van der Waals surface area contributed by atoms with E-state index in [1.165, 1.54) is 23.1 Å². The number of hydrogen-bond donors (Lipinski definition) is 1. The third-order valence-electron chi connectivity index (χ3n) is 1.84. The Kier molecular flexibility index (Phi) is 3.49. The van der Waals surface area contributed by atoms with Gasteiger partial charge < -0.3 is 15.4 Å². The first-order valence-corrected chi connectivity index (χ1v) is 4.39. The smallest absolute Gasteiger partial charge is 0.259 e. The van der Waals surface area contributed by atoms with E-state index in [2.05, 4.69) is 0 Å². The zero-order valence-corrected chi connectivity index (χ0v) is 8.66. The normalized spacial score (nSPS) is 9.80. The second kappa shape index (κ2) is 4.63. The quantitative estimate of drug-likeness (QED) is 0.756. The number of nitrogens with zero attached hydrogens (tertiary/aromatic N) is 1. The van der Waals surface area contributed by atoms with Gasteiger partial charge in [0.25, 0.3) is 5.91 Å². The summed E-state index contributed by atoms with van der Waals surface area (Å²) in [5.74, 6) is -0.896. The van der Waals surface area contributed by atoms with Gasteiger partial charge in [0.15, 0.2) is 18.2 Å². The second-order valence-electron chi connectivity index (χ2n) is 3.24. The van der Waals surface area contributed by atoms with Crippen molar-refractivity contribution < 1.29 is 13.9 Å². The summed E-state index contributed by atoms with van der Waals surface area (Å²) in [4.78, 5) is 12.5. The van der Waals surface area contributed by atoms with E-state index >= 15 is 0 Å². The number of nitrogen functional groups attached to an aromatic ring is 1. The van der Waals surface area contributed by atoms with Gasteiger partial charge in [-0.3, -0.25) is 4.79 Å². The molecule has 5 heteroatoms. The van der Waals surface area contributed by atoms with Crippen LogP contribution in [0.5, 0.6) is 5.75 Å². The van der Waals surface area contributed by atoms with Gasteiger partial charge in [0, 0.05) is 14.1 Å². The average Bonchev–Trinajstić information content (AvgIpc) is 2.16. The van der Waals surface area contributed by atoms with E-state index in [0.717, 1.165) is 0 Å². The van der Waals surface area contributed by atoms with Crippen LogP contribution in [0, 0.1) is 5.82 Å². The summed E-state index contributed by atoms with van der Waals surface area (Å²) in [6, 6.07) is 4.22. The maximum absolute atomic E-state index is 13.2. The van der Waals surface area contributed by atoms with Crippen LogP contribution in [0.1, 0.15) is 0 Å². The number of hydrogen-bond acceptors (Lipinski definition) is 3. The molecule has 0 aromatic heterocycles. The molecule has 0 fully saturated rings. The van der Waals surface area contributed by atoms with E-state index in [-0.39, 0.29) is 24.0 Å². The Morgan fingerprint density at radius 1 is 1.53 bits per heavy atom. The van der Waals surface area contributed by atoms with Crippen LogP contribution in [0.2, 0.25) is 0 Å². The Bertz CT molecular complexity index is 346. The van der Waals surface area contributed by atoms with Crippen LogP contribution in [0.25, 0.3) is 0 Å². The monoisotopic (exact) mass is 212 g/mol. The number of amides is 1. The van der Waals surface area contributed by atoms with Crippen molar-refractivity contribution in [2.45, 2.75) is 0 Å². The zero-order valence-electron chi connectivity index (χ0n) is 8.66. The Balaban J connectivity index is 2.69. The molecule has 2 N–H and O–H groups in total. The van der Waals surface area contributed by atoms with E-state index in [9.17, 15) is 9.18 Å². The molecule has 0 spiro atoms. The highest BCUT2D eigenvalue weighted by Crippen LogP contribution is 2.24. The van der Waals surface area contributed by atoms with Crippen molar-refractivity contribution in [1.82, 2.24) is 4.90 Å². The number of rotatable bonds is 3. The maximum Gasteiger partial charge on any atom is 0.259 e. The molecule has 82 valence electrons. The molecule has 15 heavy (non-hydrogen) atoms. The summed E-state index contributed by atoms with van der Waals surface area (Å²) in [6.45, 7) is -0.224.